The molecule has 1 aromatic heterocycles. The Labute approximate surface area is 118 Å². The van der Waals surface area contributed by atoms with Crippen LogP contribution < -0.4 is 0 Å². The molecule has 0 aliphatic rings. The van der Waals surface area contributed by atoms with Gasteiger partial charge in [0.25, 0.3) is 5.89 Å². The Morgan fingerprint density at radius 2 is 1.90 bits per heavy atom. The van der Waals surface area contributed by atoms with Crippen molar-refractivity contribution in [2.75, 3.05) is 0 Å². The maximum atomic E-state index is 13.2. The number of aromatic hydroxyl groups is 1. The van der Waals surface area contributed by atoms with Crippen LogP contribution in [0.15, 0.2) is 40.9 Å². The molecule has 0 saturated heterocycles. The second kappa shape index (κ2) is 4.97. The smallest absolute Gasteiger partial charge is 0.258 e. The highest BCUT2D eigenvalue weighted by atomic mass is 19.2. The van der Waals surface area contributed by atoms with Gasteiger partial charge in [-0.25, -0.2) is 8.78 Å². The van der Waals surface area contributed by atoms with Crippen LogP contribution in [0.3, 0.4) is 0 Å². The van der Waals surface area contributed by atoms with Gasteiger partial charge >= 0.3 is 0 Å². The fraction of sp³-hybridized carbons (Fsp3) is 0.0667. The Bertz CT molecular complexity index is 815. The third-order valence-corrected chi connectivity index (χ3v) is 3.14. The minimum atomic E-state index is -0.979. The van der Waals surface area contributed by atoms with E-state index in [1.54, 1.807) is 25.1 Å². The molecule has 0 spiro atoms. The van der Waals surface area contributed by atoms with Crippen LogP contribution in [-0.4, -0.2) is 15.2 Å². The van der Waals surface area contributed by atoms with E-state index in [1.165, 1.54) is 6.07 Å². The van der Waals surface area contributed by atoms with Gasteiger partial charge in [-0.3, -0.25) is 0 Å². The summed E-state index contributed by atoms with van der Waals surface area (Å²) in [5.41, 5.74) is 1.48. The summed E-state index contributed by atoms with van der Waals surface area (Å²) < 4.78 is 31.3. The molecular formula is C15H10F2N2O2. The van der Waals surface area contributed by atoms with E-state index in [0.717, 1.165) is 12.1 Å². The number of rotatable bonds is 2. The predicted molar refractivity (Wildman–Crippen MR) is 71.5 cm³/mol. The van der Waals surface area contributed by atoms with Gasteiger partial charge in [-0.15, -0.1) is 0 Å². The molecule has 3 aromatic rings. The maximum absolute atomic E-state index is 13.2. The number of phenols is 1. The predicted octanol–water partition coefficient (Wildman–Crippen LogP) is 3.70. The summed E-state index contributed by atoms with van der Waals surface area (Å²) in [6.45, 7) is 1.71. The zero-order valence-corrected chi connectivity index (χ0v) is 11.0. The summed E-state index contributed by atoms with van der Waals surface area (Å²) in [7, 11) is 0. The van der Waals surface area contributed by atoms with Gasteiger partial charge in [0, 0.05) is 16.7 Å². The van der Waals surface area contributed by atoms with Gasteiger partial charge in [-0.05, 0) is 37.3 Å². The first kappa shape index (κ1) is 13.2. The minimum absolute atomic E-state index is 0.111. The lowest BCUT2D eigenvalue weighted by Crippen LogP contribution is -1.87. The normalized spacial score (nSPS) is 10.8. The molecule has 1 heterocycles. The number of hydrogen-bond acceptors (Lipinski definition) is 4. The van der Waals surface area contributed by atoms with E-state index in [2.05, 4.69) is 10.1 Å². The molecule has 0 bridgehead atoms. The van der Waals surface area contributed by atoms with E-state index in [0.29, 0.717) is 16.7 Å². The third kappa shape index (κ3) is 2.35. The Kier molecular flexibility index (Phi) is 3.13. The molecule has 106 valence electrons. The first-order valence-electron chi connectivity index (χ1n) is 6.14. The number of phenolic OH excluding ortho intramolecular Hbond substituents is 1. The SMILES string of the molecule is Cc1c(O)cccc1-c1nc(-c2ccc(F)c(F)c2)no1. The lowest BCUT2D eigenvalue weighted by Gasteiger charge is -2.01. The number of aromatic nitrogens is 2. The molecule has 1 N–H and O–H groups in total. The van der Waals surface area contributed by atoms with Crippen molar-refractivity contribution in [2.45, 2.75) is 6.92 Å². The summed E-state index contributed by atoms with van der Waals surface area (Å²) in [4.78, 5) is 4.15. The molecule has 0 amide bonds. The monoisotopic (exact) mass is 288 g/mol. The van der Waals surface area contributed by atoms with Crippen LogP contribution in [0.4, 0.5) is 8.78 Å². The first-order valence-corrected chi connectivity index (χ1v) is 6.14. The van der Waals surface area contributed by atoms with Gasteiger partial charge in [-0.1, -0.05) is 11.2 Å². The van der Waals surface area contributed by atoms with Crippen LogP contribution in [0, 0.1) is 18.6 Å². The lowest BCUT2D eigenvalue weighted by molar-refractivity contribution is 0.430. The molecule has 6 heteroatoms. The van der Waals surface area contributed by atoms with Gasteiger partial charge in [0.2, 0.25) is 5.82 Å². The molecule has 21 heavy (non-hydrogen) atoms. The maximum Gasteiger partial charge on any atom is 0.258 e. The Morgan fingerprint density at radius 3 is 2.67 bits per heavy atom. The van der Waals surface area contributed by atoms with Crippen molar-refractivity contribution >= 4 is 0 Å². The second-order valence-electron chi connectivity index (χ2n) is 4.50. The van der Waals surface area contributed by atoms with E-state index in [9.17, 15) is 13.9 Å². The second-order valence-corrected chi connectivity index (χ2v) is 4.50. The third-order valence-electron chi connectivity index (χ3n) is 3.14. The van der Waals surface area contributed by atoms with E-state index in [1.807, 2.05) is 0 Å². The molecule has 0 unspecified atom stereocenters. The highest BCUT2D eigenvalue weighted by Gasteiger charge is 2.15. The zero-order valence-electron chi connectivity index (χ0n) is 11.0. The Balaban J connectivity index is 2.03. The van der Waals surface area contributed by atoms with E-state index < -0.39 is 11.6 Å². The Morgan fingerprint density at radius 1 is 1.10 bits per heavy atom. The number of halogens is 2. The van der Waals surface area contributed by atoms with Crippen LogP contribution in [0.5, 0.6) is 5.75 Å². The summed E-state index contributed by atoms with van der Waals surface area (Å²) in [6, 6.07) is 8.28. The summed E-state index contributed by atoms with van der Waals surface area (Å²) in [6.07, 6.45) is 0. The molecule has 0 aliphatic carbocycles. The van der Waals surface area contributed by atoms with Crippen LogP contribution in [0.25, 0.3) is 22.8 Å². The van der Waals surface area contributed by atoms with Gasteiger partial charge < -0.3 is 9.63 Å². The minimum Gasteiger partial charge on any atom is -0.508 e. The molecule has 4 nitrogen and oxygen atoms in total. The van der Waals surface area contributed by atoms with Crippen molar-refractivity contribution in [3.05, 3.63) is 53.6 Å². The van der Waals surface area contributed by atoms with E-state index >= 15 is 0 Å². The molecule has 3 rings (SSSR count). The molecule has 2 aromatic carbocycles. The van der Waals surface area contributed by atoms with Crippen molar-refractivity contribution < 1.29 is 18.4 Å². The number of benzene rings is 2. The van der Waals surface area contributed by atoms with Crippen molar-refractivity contribution in [1.29, 1.82) is 0 Å². The molecule has 0 atom stereocenters. The average molecular weight is 288 g/mol. The highest BCUT2D eigenvalue weighted by Crippen LogP contribution is 2.29. The molecule has 0 fully saturated rings. The molecule has 0 radical (unpaired) electrons. The van der Waals surface area contributed by atoms with Crippen LogP contribution in [0.2, 0.25) is 0 Å². The topological polar surface area (TPSA) is 59.2 Å². The van der Waals surface area contributed by atoms with Crippen LogP contribution >= 0.6 is 0 Å². The van der Waals surface area contributed by atoms with Crippen molar-refractivity contribution in [2.24, 2.45) is 0 Å². The summed E-state index contributed by atoms with van der Waals surface area (Å²) >= 11 is 0. The number of hydrogen-bond donors (Lipinski definition) is 1. The fourth-order valence-electron chi connectivity index (χ4n) is 1.94. The van der Waals surface area contributed by atoms with Gasteiger partial charge in [0.1, 0.15) is 5.75 Å². The largest absolute Gasteiger partial charge is 0.508 e. The molecule has 0 saturated carbocycles. The van der Waals surface area contributed by atoms with Crippen molar-refractivity contribution in [3.8, 4) is 28.6 Å². The summed E-state index contributed by atoms with van der Waals surface area (Å²) in [5.74, 6) is -1.46. The van der Waals surface area contributed by atoms with Crippen molar-refractivity contribution in [3.63, 3.8) is 0 Å². The standard InChI is InChI=1S/C15H10F2N2O2/c1-8-10(3-2-4-13(8)20)15-18-14(19-21-15)9-5-6-11(16)12(17)7-9/h2-7,20H,1H3. The van der Waals surface area contributed by atoms with Gasteiger partial charge in [0.05, 0.1) is 0 Å². The van der Waals surface area contributed by atoms with Crippen LogP contribution in [-0.2, 0) is 0 Å². The average Bonchev–Trinajstić information content (AvgIpc) is 2.94. The molecule has 0 aliphatic heterocycles. The fourth-order valence-corrected chi connectivity index (χ4v) is 1.94. The van der Waals surface area contributed by atoms with Crippen LogP contribution in [0.1, 0.15) is 5.56 Å². The quantitative estimate of drug-likeness (QED) is 0.781. The van der Waals surface area contributed by atoms with E-state index in [-0.39, 0.29) is 17.5 Å². The highest BCUT2D eigenvalue weighted by molar-refractivity contribution is 5.64. The number of nitrogens with zero attached hydrogens (tertiary/aromatic N) is 2. The zero-order chi connectivity index (χ0) is 15.0. The Hall–Kier alpha value is -2.76. The lowest BCUT2D eigenvalue weighted by atomic mass is 10.1. The van der Waals surface area contributed by atoms with Crippen molar-refractivity contribution in [1.82, 2.24) is 10.1 Å². The summed E-state index contributed by atoms with van der Waals surface area (Å²) in [5, 5.41) is 13.4. The van der Waals surface area contributed by atoms with Gasteiger partial charge in [-0.2, -0.15) is 4.98 Å². The first-order chi connectivity index (χ1) is 10.1. The van der Waals surface area contributed by atoms with E-state index in [4.69, 9.17) is 4.52 Å². The molecular weight excluding hydrogens is 278 g/mol. The van der Waals surface area contributed by atoms with Gasteiger partial charge in [0.15, 0.2) is 11.6 Å².